The fourth-order valence-corrected chi connectivity index (χ4v) is 3.56. The summed E-state index contributed by atoms with van der Waals surface area (Å²) in [6.07, 6.45) is 0. The lowest BCUT2D eigenvalue weighted by atomic mass is 10.2. The molecule has 1 aromatic heterocycles. The first-order chi connectivity index (χ1) is 11.6. The third-order valence-corrected chi connectivity index (χ3v) is 4.69. The first-order valence-corrected chi connectivity index (χ1v) is 8.50. The molecule has 1 N–H and O–H groups in total. The van der Waals surface area contributed by atoms with Gasteiger partial charge in [0.05, 0.1) is 17.5 Å². The van der Waals surface area contributed by atoms with Crippen molar-refractivity contribution in [1.29, 1.82) is 5.26 Å². The Bertz CT molecular complexity index is 807. The van der Waals surface area contributed by atoms with Crippen LogP contribution in [0.25, 0.3) is 0 Å². The molecule has 3 rings (SSSR count). The van der Waals surface area contributed by atoms with Crippen molar-refractivity contribution in [3.63, 3.8) is 0 Å². The van der Waals surface area contributed by atoms with Crippen LogP contribution in [0.2, 0.25) is 0 Å². The van der Waals surface area contributed by atoms with Crippen molar-refractivity contribution in [1.82, 2.24) is 4.90 Å². The number of thioether (sulfide) groups is 1. The Morgan fingerprint density at radius 3 is 2.67 bits per heavy atom. The van der Waals surface area contributed by atoms with Gasteiger partial charge in [-0.2, -0.15) is 5.26 Å². The number of anilines is 1. The van der Waals surface area contributed by atoms with Crippen molar-refractivity contribution < 1.29 is 14.0 Å². The molecule has 0 radical (unpaired) electrons. The van der Waals surface area contributed by atoms with E-state index < -0.39 is 6.04 Å². The number of hydrogen-bond donors (Lipinski definition) is 1. The Morgan fingerprint density at radius 2 is 2.04 bits per heavy atom. The van der Waals surface area contributed by atoms with Gasteiger partial charge >= 0.3 is 0 Å². The second kappa shape index (κ2) is 6.81. The van der Waals surface area contributed by atoms with Gasteiger partial charge < -0.3 is 14.6 Å². The highest BCUT2D eigenvalue weighted by Gasteiger charge is 2.36. The van der Waals surface area contributed by atoms with E-state index in [0.29, 0.717) is 28.6 Å². The number of nitrogens with zero attached hydrogens (tertiary/aromatic N) is 2. The van der Waals surface area contributed by atoms with Crippen LogP contribution in [0.4, 0.5) is 5.69 Å². The van der Waals surface area contributed by atoms with Crippen molar-refractivity contribution in [3.05, 3.63) is 53.5 Å². The van der Waals surface area contributed by atoms with Crippen LogP contribution in [0.1, 0.15) is 21.9 Å². The van der Waals surface area contributed by atoms with Crippen molar-refractivity contribution >= 4 is 29.3 Å². The average molecular weight is 341 g/mol. The molecule has 1 aliphatic rings. The molecule has 7 heteroatoms. The molecular weight excluding hydrogens is 326 g/mol. The van der Waals surface area contributed by atoms with Gasteiger partial charge in [-0.05, 0) is 43.3 Å². The minimum absolute atomic E-state index is 0.242. The van der Waals surface area contributed by atoms with Gasteiger partial charge in [0.25, 0.3) is 5.91 Å². The molecule has 1 aromatic carbocycles. The minimum atomic E-state index is -0.552. The van der Waals surface area contributed by atoms with Gasteiger partial charge in [0.15, 0.2) is 5.76 Å². The van der Waals surface area contributed by atoms with E-state index in [1.54, 1.807) is 43.3 Å². The van der Waals surface area contributed by atoms with Crippen LogP contribution in [0.15, 0.2) is 40.8 Å². The molecule has 2 amide bonds. The molecule has 1 atom stereocenters. The van der Waals surface area contributed by atoms with E-state index in [1.165, 1.54) is 16.7 Å². The van der Waals surface area contributed by atoms with Crippen molar-refractivity contribution in [2.24, 2.45) is 0 Å². The smallest absolute Gasteiger partial charge is 0.290 e. The highest BCUT2D eigenvalue weighted by molar-refractivity contribution is 7.99. The zero-order valence-corrected chi connectivity index (χ0v) is 13.8. The summed E-state index contributed by atoms with van der Waals surface area (Å²) < 4.78 is 5.37. The first kappa shape index (κ1) is 16.1. The van der Waals surface area contributed by atoms with Gasteiger partial charge in [-0.3, -0.25) is 9.59 Å². The van der Waals surface area contributed by atoms with Crippen LogP contribution < -0.4 is 5.32 Å². The van der Waals surface area contributed by atoms with Gasteiger partial charge in [0.2, 0.25) is 5.91 Å². The Labute approximate surface area is 143 Å². The lowest BCUT2D eigenvalue weighted by Gasteiger charge is -2.22. The van der Waals surface area contributed by atoms with E-state index >= 15 is 0 Å². The summed E-state index contributed by atoms with van der Waals surface area (Å²) in [5.74, 6) is 1.35. The van der Waals surface area contributed by atoms with Gasteiger partial charge in [0.1, 0.15) is 11.8 Å². The highest BCUT2D eigenvalue weighted by atomic mass is 32.2. The van der Waals surface area contributed by atoms with Crippen molar-refractivity contribution in [3.8, 4) is 6.07 Å². The number of benzene rings is 1. The summed E-state index contributed by atoms with van der Waals surface area (Å²) in [5.41, 5.74) is 1.12. The van der Waals surface area contributed by atoms with Crippen LogP contribution in [0.3, 0.4) is 0 Å². The predicted octanol–water partition coefficient (Wildman–Crippen LogP) is 2.61. The highest BCUT2D eigenvalue weighted by Crippen LogP contribution is 2.25. The lowest BCUT2D eigenvalue weighted by Crippen LogP contribution is -2.44. The van der Waals surface area contributed by atoms with Crippen LogP contribution in [0.5, 0.6) is 0 Å². The molecule has 0 bridgehead atoms. The zero-order valence-electron chi connectivity index (χ0n) is 13.0. The average Bonchev–Trinajstić information content (AvgIpc) is 3.24. The van der Waals surface area contributed by atoms with Crippen molar-refractivity contribution in [2.75, 3.05) is 16.9 Å². The summed E-state index contributed by atoms with van der Waals surface area (Å²) in [6, 6.07) is 11.4. The summed E-state index contributed by atoms with van der Waals surface area (Å²) in [4.78, 5) is 26.5. The van der Waals surface area contributed by atoms with E-state index in [-0.39, 0.29) is 17.6 Å². The van der Waals surface area contributed by atoms with Crippen LogP contribution in [-0.4, -0.2) is 34.4 Å². The second-order valence-electron chi connectivity index (χ2n) is 5.38. The van der Waals surface area contributed by atoms with Gasteiger partial charge in [0, 0.05) is 11.4 Å². The quantitative estimate of drug-likeness (QED) is 0.927. The number of carbonyl (C=O) groups excluding carboxylic acids is 2. The summed E-state index contributed by atoms with van der Waals surface area (Å²) >= 11 is 1.52. The second-order valence-corrected chi connectivity index (χ2v) is 6.38. The monoisotopic (exact) mass is 341 g/mol. The molecule has 122 valence electrons. The minimum Gasteiger partial charge on any atom is -0.456 e. The standard InChI is InChI=1S/C17H15N3O3S/c1-11-2-7-15(23-11)17(22)20-10-24-9-14(20)16(21)19-13-5-3-12(8-18)4-6-13/h2-7,14H,9-10H2,1H3,(H,19,21). The van der Waals surface area contributed by atoms with E-state index in [0.717, 1.165) is 0 Å². The van der Waals surface area contributed by atoms with Crippen LogP contribution in [-0.2, 0) is 4.79 Å². The fourth-order valence-electron chi connectivity index (χ4n) is 2.40. The Balaban J connectivity index is 1.71. The molecule has 1 saturated heterocycles. The molecular formula is C17H15N3O3S. The number of rotatable bonds is 3. The first-order valence-electron chi connectivity index (χ1n) is 7.34. The normalized spacial score (nSPS) is 16.7. The zero-order chi connectivity index (χ0) is 17.1. The van der Waals surface area contributed by atoms with E-state index in [1.807, 2.05) is 6.07 Å². The van der Waals surface area contributed by atoms with Crippen LogP contribution >= 0.6 is 11.8 Å². The van der Waals surface area contributed by atoms with Crippen LogP contribution in [0, 0.1) is 18.3 Å². The molecule has 0 saturated carbocycles. The van der Waals surface area contributed by atoms with Crippen molar-refractivity contribution in [2.45, 2.75) is 13.0 Å². The largest absolute Gasteiger partial charge is 0.456 e. The summed E-state index contributed by atoms with van der Waals surface area (Å²) in [7, 11) is 0. The number of nitriles is 1. The molecule has 1 unspecified atom stereocenters. The SMILES string of the molecule is Cc1ccc(C(=O)N2CSCC2C(=O)Nc2ccc(C#N)cc2)o1. The van der Waals surface area contributed by atoms with Gasteiger partial charge in [-0.15, -0.1) is 11.8 Å². The maximum Gasteiger partial charge on any atom is 0.290 e. The third-order valence-electron chi connectivity index (χ3n) is 3.68. The fraction of sp³-hybridized carbons (Fsp3) is 0.235. The molecule has 2 heterocycles. The van der Waals surface area contributed by atoms with E-state index in [2.05, 4.69) is 5.32 Å². The number of furan rings is 1. The predicted molar refractivity (Wildman–Crippen MR) is 90.5 cm³/mol. The third kappa shape index (κ3) is 3.29. The molecule has 6 nitrogen and oxygen atoms in total. The summed E-state index contributed by atoms with van der Waals surface area (Å²) in [5, 5.41) is 11.6. The van der Waals surface area contributed by atoms with Gasteiger partial charge in [-0.25, -0.2) is 0 Å². The molecule has 1 aliphatic heterocycles. The topological polar surface area (TPSA) is 86.3 Å². The van der Waals surface area contributed by atoms with E-state index in [4.69, 9.17) is 9.68 Å². The van der Waals surface area contributed by atoms with Gasteiger partial charge in [-0.1, -0.05) is 0 Å². The molecule has 0 spiro atoms. The molecule has 0 aliphatic carbocycles. The number of aryl methyl sites for hydroxylation is 1. The molecule has 2 aromatic rings. The molecule has 1 fully saturated rings. The molecule has 24 heavy (non-hydrogen) atoms. The number of hydrogen-bond acceptors (Lipinski definition) is 5. The number of nitrogens with one attached hydrogen (secondary N) is 1. The Morgan fingerprint density at radius 1 is 1.29 bits per heavy atom. The maximum absolute atomic E-state index is 12.5. The maximum atomic E-state index is 12.5. The number of amides is 2. The number of carbonyl (C=O) groups is 2. The Hall–Kier alpha value is -2.72. The van der Waals surface area contributed by atoms with E-state index in [9.17, 15) is 9.59 Å². The lowest BCUT2D eigenvalue weighted by molar-refractivity contribution is -0.119. The Kier molecular flexibility index (Phi) is 4.58. The summed E-state index contributed by atoms with van der Waals surface area (Å²) in [6.45, 7) is 1.77.